The van der Waals surface area contributed by atoms with Gasteiger partial charge in [0.2, 0.25) is 0 Å². The van der Waals surface area contributed by atoms with Crippen LogP contribution >= 0.6 is 0 Å². The number of esters is 1. The molecule has 0 atom stereocenters. The van der Waals surface area contributed by atoms with Crippen LogP contribution in [0.3, 0.4) is 0 Å². The molecule has 0 aromatic heterocycles. The molecule has 21 heavy (non-hydrogen) atoms. The molecule has 1 aliphatic rings. The SMILES string of the molecule is COC(=O)C1CCN(C(=O)COc2cccc(N)c2)CC1. The summed E-state index contributed by atoms with van der Waals surface area (Å²) in [6.07, 6.45) is 1.27. The summed E-state index contributed by atoms with van der Waals surface area (Å²) in [6.45, 7) is 1.09. The Hall–Kier alpha value is -2.24. The third-order valence-electron chi connectivity index (χ3n) is 3.60. The second-order valence-electron chi connectivity index (χ2n) is 5.04. The topological polar surface area (TPSA) is 81.9 Å². The maximum Gasteiger partial charge on any atom is 0.308 e. The number of likely N-dealkylation sites (tertiary alicyclic amines) is 1. The quantitative estimate of drug-likeness (QED) is 0.663. The fraction of sp³-hybridized carbons (Fsp3) is 0.467. The molecule has 1 aromatic carbocycles. The maximum absolute atomic E-state index is 12.1. The van der Waals surface area contributed by atoms with Crippen molar-refractivity contribution in [3.05, 3.63) is 24.3 Å². The van der Waals surface area contributed by atoms with Crippen LogP contribution in [0, 0.1) is 5.92 Å². The number of anilines is 1. The van der Waals surface area contributed by atoms with Gasteiger partial charge in [-0.15, -0.1) is 0 Å². The Morgan fingerprint density at radius 3 is 2.67 bits per heavy atom. The van der Waals surface area contributed by atoms with Crippen LogP contribution in [-0.4, -0.2) is 43.6 Å². The van der Waals surface area contributed by atoms with Crippen molar-refractivity contribution in [3.8, 4) is 5.75 Å². The van der Waals surface area contributed by atoms with Crippen molar-refractivity contribution in [3.63, 3.8) is 0 Å². The van der Waals surface area contributed by atoms with Gasteiger partial charge in [-0.3, -0.25) is 9.59 Å². The monoisotopic (exact) mass is 292 g/mol. The summed E-state index contributed by atoms with van der Waals surface area (Å²) < 4.78 is 10.2. The van der Waals surface area contributed by atoms with E-state index in [0.717, 1.165) is 0 Å². The summed E-state index contributed by atoms with van der Waals surface area (Å²) in [5.41, 5.74) is 6.24. The minimum absolute atomic E-state index is 0.0215. The number of amides is 1. The van der Waals surface area contributed by atoms with Crippen LogP contribution in [0.4, 0.5) is 5.69 Å². The molecule has 1 heterocycles. The number of carbonyl (C=O) groups excluding carboxylic acids is 2. The first-order valence-electron chi connectivity index (χ1n) is 6.94. The number of carbonyl (C=O) groups is 2. The molecule has 0 bridgehead atoms. The lowest BCUT2D eigenvalue weighted by Crippen LogP contribution is -2.42. The number of nitrogens with two attached hydrogens (primary N) is 1. The molecule has 0 spiro atoms. The molecule has 6 heteroatoms. The highest BCUT2D eigenvalue weighted by molar-refractivity contribution is 5.78. The number of nitrogens with zero attached hydrogens (tertiary/aromatic N) is 1. The summed E-state index contributed by atoms with van der Waals surface area (Å²) in [7, 11) is 1.39. The summed E-state index contributed by atoms with van der Waals surface area (Å²) in [4.78, 5) is 25.2. The fourth-order valence-corrected chi connectivity index (χ4v) is 2.37. The van der Waals surface area contributed by atoms with E-state index in [2.05, 4.69) is 0 Å². The molecule has 2 rings (SSSR count). The smallest absolute Gasteiger partial charge is 0.308 e. The Labute approximate surface area is 123 Å². The number of hydrogen-bond donors (Lipinski definition) is 1. The van der Waals surface area contributed by atoms with Gasteiger partial charge in [0.05, 0.1) is 13.0 Å². The summed E-state index contributed by atoms with van der Waals surface area (Å²) in [6, 6.07) is 6.97. The Bertz CT molecular complexity index is 510. The van der Waals surface area contributed by atoms with Gasteiger partial charge in [0.15, 0.2) is 6.61 Å². The van der Waals surface area contributed by atoms with Crippen molar-refractivity contribution in [2.45, 2.75) is 12.8 Å². The van der Waals surface area contributed by atoms with Crippen LogP contribution < -0.4 is 10.5 Å². The van der Waals surface area contributed by atoms with E-state index in [1.54, 1.807) is 29.2 Å². The van der Waals surface area contributed by atoms with Gasteiger partial charge in [-0.2, -0.15) is 0 Å². The van der Waals surface area contributed by atoms with Crippen molar-refractivity contribution in [2.75, 3.05) is 32.5 Å². The average molecular weight is 292 g/mol. The Kier molecular flexibility index (Phi) is 5.03. The first-order valence-corrected chi connectivity index (χ1v) is 6.94. The van der Waals surface area contributed by atoms with Crippen molar-refractivity contribution >= 4 is 17.6 Å². The van der Waals surface area contributed by atoms with Gasteiger partial charge in [-0.1, -0.05) is 6.07 Å². The average Bonchev–Trinajstić information content (AvgIpc) is 2.52. The third kappa shape index (κ3) is 4.11. The molecular weight excluding hydrogens is 272 g/mol. The van der Waals surface area contributed by atoms with E-state index in [1.807, 2.05) is 0 Å². The van der Waals surface area contributed by atoms with Gasteiger partial charge >= 0.3 is 5.97 Å². The minimum Gasteiger partial charge on any atom is -0.484 e. The van der Waals surface area contributed by atoms with E-state index in [1.165, 1.54) is 7.11 Å². The number of rotatable bonds is 4. The van der Waals surface area contributed by atoms with E-state index in [-0.39, 0.29) is 24.4 Å². The molecule has 0 saturated carbocycles. The van der Waals surface area contributed by atoms with Crippen LogP contribution in [0.25, 0.3) is 0 Å². The van der Waals surface area contributed by atoms with Gasteiger partial charge in [-0.05, 0) is 25.0 Å². The highest BCUT2D eigenvalue weighted by Gasteiger charge is 2.27. The lowest BCUT2D eigenvalue weighted by molar-refractivity contribution is -0.149. The molecule has 1 aliphatic heterocycles. The van der Waals surface area contributed by atoms with Crippen LogP contribution in [0.15, 0.2) is 24.3 Å². The predicted octanol–water partition coefficient (Wildman–Crippen LogP) is 1.06. The zero-order valence-electron chi connectivity index (χ0n) is 12.1. The van der Waals surface area contributed by atoms with E-state index in [4.69, 9.17) is 15.2 Å². The van der Waals surface area contributed by atoms with Crippen LogP contribution in [0.2, 0.25) is 0 Å². The molecule has 6 nitrogen and oxygen atoms in total. The van der Waals surface area contributed by atoms with Crippen LogP contribution in [0.5, 0.6) is 5.75 Å². The lowest BCUT2D eigenvalue weighted by atomic mass is 9.97. The number of ether oxygens (including phenoxy) is 2. The highest BCUT2D eigenvalue weighted by atomic mass is 16.5. The van der Waals surface area contributed by atoms with Crippen LogP contribution in [-0.2, 0) is 14.3 Å². The second-order valence-corrected chi connectivity index (χ2v) is 5.04. The molecule has 0 unspecified atom stereocenters. The molecule has 1 saturated heterocycles. The molecule has 0 aliphatic carbocycles. The first-order chi connectivity index (χ1) is 10.1. The molecule has 1 aromatic rings. The third-order valence-corrected chi connectivity index (χ3v) is 3.60. The summed E-state index contributed by atoms with van der Waals surface area (Å²) in [5, 5.41) is 0. The standard InChI is InChI=1S/C15H20N2O4/c1-20-15(19)11-5-7-17(8-6-11)14(18)10-21-13-4-2-3-12(16)9-13/h2-4,9,11H,5-8,10,16H2,1H3. The number of methoxy groups -OCH3 is 1. The first kappa shape index (κ1) is 15.2. The van der Waals surface area contributed by atoms with E-state index >= 15 is 0 Å². The molecular formula is C15H20N2O4. The molecule has 2 N–H and O–H groups in total. The number of benzene rings is 1. The Morgan fingerprint density at radius 1 is 1.33 bits per heavy atom. The van der Waals surface area contributed by atoms with E-state index < -0.39 is 0 Å². The van der Waals surface area contributed by atoms with Crippen molar-refractivity contribution in [1.29, 1.82) is 0 Å². The van der Waals surface area contributed by atoms with E-state index in [9.17, 15) is 9.59 Å². The number of nitrogen functional groups attached to an aromatic ring is 1. The number of hydrogen-bond acceptors (Lipinski definition) is 5. The molecule has 114 valence electrons. The van der Waals surface area contributed by atoms with Crippen molar-refractivity contribution in [1.82, 2.24) is 4.90 Å². The fourth-order valence-electron chi connectivity index (χ4n) is 2.37. The minimum atomic E-state index is -0.196. The van der Waals surface area contributed by atoms with E-state index in [0.29, 0.717) is 37.4 Å². The summed E-state index contributed by atoms with van der Waals surface area (Å²) in [5.74, 6) is 0.195. The predicted molar refractivity (Wildman–Crippen MR) is 77.7 cm³/mol. The van der Waals surface area contributed by atoms with Crippen molar-refractivity contribution in [2.24, 2.45) is 5.92 Å². The Balaban J connectivity index is 1.78. The Morgan fingerprint density at radius 2 is 2.05 bits per heavy atom. The summed E-state index contributed by atoms with van der Waals surface area (Å²) >= 11 is 0. The largest absolute Gasteiger partial charge is 0.484 e. The lowest BCUT2D eigenvalue weighted by Gasteiger charge is -2.30. The normalized spacial score (nSPS) is 15.6. The zero-order valence-corrected chi connectivity index (χ0v) is 12.1. The second kappa shape index (κ2) is 6.97. The molecule has 1 amide bonds. The number of piperidine rings is 1. The highest BCUT2D eigenvalue weighted by Crippen LogP contribution is 2.19. The van der Waals surface area contributed by atoms with Gasteiger partial charge in [0.1, 0.15) is 5.75 Å². The van der Waals surface area contributed by atoms with Gasteiger partial charge in [0.25, 0.3) is 5.91 Å². The van der Waals surface area contributed by atoms with Gasteiger partial charge in [0, 0.05) is 24.8 Å². The molecule has 0 radical (unpaired) electrons. The van der Waals surface area contributed by atoms with Gasteiger partial charge < -0.3 is 20.1 Å². The maximum atomic E-state index is 12.1. The molecule has 1 fully saturated rings. The zero-order chi connectivity index (χ0) is 15.2. The van der Waals surface area contributed by atoms with Crippen LogP contribution in [0.1, 0.15) is 12.8 Å². The van der Waals surface area contributed by atoms with Gasteiger partial charge in [-0.25, -0.2) is 0 Å². The van der Waals surface area contributed by atoms with Crippen molar-refractivity contribution < 1.29 is 19.1 Å².